The SMILES string of the molecule is CC/C=C\C/C=C\C/C=C\C/C=C\C/C=C\CCCC(=O)OC(CCCCCC/C=C/C/C=C/C/C=C/CC)CC(=O)NC(CO)C(O)CCCCCCCCCCCCCCCCCC. The standard InChI is InChI=1S/C60H103NO5/c1-4-7-10-13-16-19-22-25-28-30-32-35-38-41-44-47-50-53-60(65)66-56(51-48-45-42-39-36-33-27-24-21-18-15-12-9-6-3)54-59(64)61-57(55-62)58(63)52-49-46-43-40-37-34-31-29-26-23-20-17-14-11-8-5-2/h7,9-10,12,16,18-19,21,25,27-28,32-33,35,41,44,56-58,62-63H,4-6,8,11,13-15,17,20,22-24,26,29-31,34,36-40,42-43,45-55H2,1-3H3,(H,61,64)/b10-7-,12-9+,19-16-,21-18+,28-25-,33-27+,35-32-,44-41-. The number of hydrogen-bond donors (Lipinski definition) is 3. The van der Waals surface area contributed by atoms with E-state index in [0.717, 1.165) is 109 Å². The molecule has 3 unspecified atom stereocenters. The lowest BCUT2D eigenvalue weighted by atomic mass is 10.0. The molecule has 0 aliphatic rings. The Morgan fingerprint density at radius 3 is 1.24 bits per heavy atom. The van der Waals surface area contributed by atoms with Crippen molar-refractivity contribution in [3.63, 3.8) is 0 Å². The van der Waals surface area contributed by atoms with Crippen molar-refractivity contribution in [3.05, 3.63) is 97.2 Å². The van der Waals surface area contributed by atoms with E-state index in [-0.39, 0.29) is 24.9 Å². The minimum Gasteiger partial charge on any atom is -0.462 e. The van der Waals surface area contributed by atoms with Gasteiger partial charge in [0, 0.05) is 6.42 Å². The van der Waals surface area contributed by atoms with Crippen LogP contribution in [0.5, 0.6) is 0 Å². The highest BCUT2D eigenvalue weighted by atomic mass is 16.5. The van der Waals surface area contributed by atoms with Crippen LogP contribution in [0.1, 0.15) is 245 Å². The summed E-state index contributed by atoms with van der Waals surface area (Å²) < 4.78 is 5.91. The fraction of sp³-hybridized carbons (Fsp3) is 0.700. The second-order valence-electron chi connectivity index (χ2n) is 18.2. The van der Waals surface area contributed by atoms with Crippen LogP contribution in [-0.2, 0) is 14.3 Å². The Morgan fingerprint density at radius 1 is 0.455 bits per heavy atom. The molecule has 0 saturated heterocycles. The number of allylic oxidation sites excluding steroid dienone is 16. The molecule has 0 aromatic heterocycles. The highest BCUT2D eigenvalue weighted by Crippen LogP contribution is 2.17. The number of carbonyl (C=O) groups is 2. The van der Waals surface area contributed by atoms with E-state index >= 15 is 0 Å². The highest BCUT2D eigenvalue weighted by Gasteiger charge is 2.24. The number of rotatable bonds is 48. The van der Waals surface area contributed by atoms with Crippen LogP contribution in [0.25, 0.3) is 0 Å². The number of aliphatic hydroxyl groups is 2. The van der Waals surface area contributed by atoms with Crippen LogP contribution in [0.2, 0.25) is 0 Å². The third-order valence-electron chi connectivity index (χ3n) is 11.9. The summed E-state index contributed by atoms with van der Waals surface area (Å²) in [4.78, 5) is 26.2. The third-order valence-corrected chi connectivity index (χ3v) is 11.9. The minimum absolute atomic E-state index is 0.0350. The number of aliphatic hydroxyl groups excluding tert-OH is 2. The summed E-state index contributed by atoms with van der Waals surface area (Å²) in [6.45, 7) is 6.25. The summed E-state index contributed by atoms with van der Waals surface area (Å²) in [6.07, 6.45) is 70.4. The molecule has 0 rings (SSSR count). The van der Waals surface area contributed by atoms with Crippen LogP contribution >= 0.6 is 0 Å². The number of esters is 1. The van der Waals surface area contributed by atoms with Gasteiger partial charge in [-0.2, -0.15) is 0 Å². The smallest absolute Gasteiger partial charge is 0.306 e. The molecule has 0 aliphatic heterocycles. The normalized spacial score (nSPS) is 14.0. The molecule has 3 atom stereocenters. The van der Waals surface area contributed by atoms with Crippen molar-refractivity contribution in [1.29, 1.82) is 0 Å². The molecule has 0 aromatic carbocycles. The largest absolute Gasteiger partial charge is 0.462 e. The van der Waals surface area contributed by atoms with Crippen molar-refractivity contribution in [2.75, 3.05) is 6.61 Å². The lowest BCUT2D eigenvalue weighted by Crippen LogP contribution is -2.46. The molecule has 3 N–H and O–H groups in total. The van der Waals surface area contributed by atoms with E-state index in [0.29, 0.717) is 25.7 Å². The molecule has 1 amide bonds. The van der Waals surface area contributed by atoms with Crippen LogP contribution in [0.15, 0.2) is 97.2 Å². The van der Waals surface area contributed by atoms with E-state index in [1.165, 1.54) is 83.5 Å². The fourth-order valence-corrected chi connectivity index (χ4v) is 7.83. The van der Waals surface area contributed by atoms with E-state index in [4.69, 9.17) is 4.74 Å². The molecular formula is C60H103NO5. The molecule has 66 heavy (non-hydrogen) atoms. The van der Waals surface area contributed by atoms with Crippen molar-refractivity contribution >= 4 is 11.9 Å². The van der Waals surface area contributed by atoms with E-state index in [1.54, 1.807) is 0 Å². The predicted octanol–water partition coefficient (Wildman–Crippen LogP) is 16.9. The van der Waals surface area contributed by atoms with Gasteiger partial charge in [0.2, 0.25) is 5.91 Å². The van der Waals surface area contributed by atoms with E-state index < -0.39 is 18.2 Å². The Kier molecular flexibility index (Phi) is 50.2. The minimum atomic E-state index is -0.810. The van der Waals surface area contributed by atoms with Gasteiger partial charge in [-0.15, -0.1) is 0 Å². The first-order chi connectivity index (χ1) is 32.5. The second-order valence-corrected chi connectivity index (χ2v) is 18.2. The Hall–Kier alpha value is -3.22. The van der Waals surface area contributed by atoms with Crippen LogP contribution in [0.4, 0.5) is 0 Å². The van der Waals surface area contributed by atoms with Crippen molar-refractivity contribution < 1.29 is 24.5 Å². The first-order valence-corrected chi connectivity index (χ1v) is 27.5. The summed E-state index contributed by atoms with van der Waals surface area (Å²) >= 11 is 0. The van der Waals surface area contributed by atoms with Gasteiger partial charge in [0.1, 0.15) is 6.10 Å². The molecule has 0 fully saturated rings. The second kappa shape index (κ2) is 52.7. The maximum atomic E-state index is 13.2. The molecule has 0 aliphatic carbocycles. The quantitative estimate of drug-likeness (QED) is 0.0321. The van der Waals surface area contributed by atoms with Gasteiger partial charge in [-0.05, 0) is 96.3 Å². The molecule has 6 heteroatoms. The highest BCUT2D eigenvalue weighted by molar-refractivity contribution is 5.77. The monoisotopic (exact) mass is 918 g/mol. The summed E-state index contributed by atoms with van der Waals surface area (Å²) in [5.41, 5.74) is 0. The third kappa shape index (κ3) is 47.3. The zero-order valence-corrected chi connectivity index (χ0v) is 43.0. The summed E-state index contributed by atoms with van der Waals surface area (Å²) in [5, 5.41) is 23.8. The zero-order chi connectivity index (χ0) is 48.1. The number of ether oxygens (including phenoxy) is 1. The van der Waals surface area contributed by atoms with E-state index in [9.17, 15) is 19.8 Å². The zero-order valence-electron chi connectivity index (χ0n) is 43.0. The molecule has 0 heterocycles. The maximum Gasteiger partial charge on any atom is 0.306 e. The molecule has 0 saturated carbocycles. The number of unbranched alkanes of at least 4 members (excludes halogenated alkanes) is 20. The number of nitrogens with one attached hydrogen (secondary N) is 1. The van der Waals surface area contributed by atoms with Gasteiger partial charge >= 0.3 is 5.97 Å². The Bertz CT molecular complexity index is 1310. The fourth-order valence-electron chi connectivity index (χ4n) is 7.83. The van der Waals surface area contributed by atoms with Crippen molar-refractivity contribution in [2.24, 2.45) is 0 Å². The van der Waals surface area contributed by atoms with Gasteiger partial charge in [0.15, 0.2) is 0 Å². The molecular weight excluding hydrogens is 815 g/mol. The molecule has 378 valence electrons. The van der Waals surface area contributed by atoms with Gasteiger partial charge in [0.25, 0.3) is 0 Å². The Balaban J connectivity index is 4.68. The summed E-state index contributed by atoms with van der Waals surface area (Å²) in [5.74, 6) is -0.569. The molecule has 0 radical (unpaired) electrons. The van der Waals surface area contributed by atoms with Gasteiger partial charge < -0.3 is 20.3 Å². The van der Waals surface area contributed by atoms with Crippen LogP contribution < -0.4 is 5.32 Å². The molecule has 0 bridgehead atoms. The Labute approximate surface area is 407 Å². The number of amides is 1. The first kappa shape index (κ1) is 62.8. The topological polar surface area (TPSA) is 95.9 Å². The van der Waals surface area contributed by atoms with E-state index in [1.807, 2.05) is 0 Å². The average Bonchev–Trinajstić information content (AvgIpc) is 3.31. The Morgan fingerprint density at radius 2 is 0.818 bits per heavy atom. The summed E-state index contributed by atoms with van der Waals surface area (Å²) in [7, 11) is 0. The van der Waals surface area contributed by atoms with Gasteiger partial charge in [-0.25, -0.2) is 0 Å². The lowest BCUT2D eigenvalue weighted by Gasteiger charge is -2.24. The molecule has 0 spiro atoms. The van der Waals surface area contributed by atoms with Crippen molar-refractivity contribution in [2.45, 2.75) is 264 Å². The molecule has 0 aromatic rings. The van der Waals surface area contributed by atoms with Crippen molar-refractivity contribution in [1.82, 2.24) is 5.32 Å². The van der Waals surface area contributed by atoms with Crippen molar-refractivity contribution in [3.8, 4) is 0 Å². The van der Waals surface area contributed by atoms with Gasteiger partial charge in [-0.1, -0.05) is 234 Å². The number of carbonyl (C=O) groups excluding carboxylic acids is 2. The van der Waals surface area contributed by atoms with Gasteiger partial charge in [-0.3, -0.25) is 9.59 Å². The van der Waals surface area contributed by atoms with Crippen LogP contribution in [0.3, 0.4) is 0 Å². The molecule has 6 nitrogen and oxygen atoms in total. The van der Waals surface area contributed by atoms with Crippen LogP contribution in [0, 0.1) is 0 Å². The average molecular weight is 918 g/mol. The lowest BCUT2D eigenvalue weighted by molar-refractivity contribution is -0.151. The van der Waals surface area contributed by atoms with Gasteiger partial charge in [0.05, 0.1) is 25.2 Å². The predicted molar refractivity (Wildman–Crippen MR) is 287 cm³/mol. The first-order valence-electron chi connectivity index (χ1n) is 27.5. The number of hydrogen-bond acceptors (Lipinski definition) is 5. The van der Waals surface area contributed by atoms with E-state index in [2.05, 4.69) is 123 Å². The van der Waals surface area contributed by atoms with Crippen LogP contribution in [-0.4, -0.2) is 46.9 Å². The summed E-state index contributed by atoms with van der Waals surface area (Å²) in [6, 6.07) is -0.727. The maximum absolute atomic E-state index is 13.2.